The number of ether oxygens (including phenoxy) is 1. The molecule has 2 rings (SSSR count). The fraction of sp³-hybridized carbons (Fsp3) is 0.368. The first kappa shape index (κ1) is 17.2. The molecule has 0 bridgehead atoms. The van der Waals surface area contributed by atoms with Gasteiger partial charge in [-0.05, 0) is 44.0 Å². The Balaban J connectivity index is 2.19. The molecule has 0 saturated heterocycles. The van der Waals surface area contributed by atoms with Crippen molar-refractivity contribution in [3.63, 3.8) is 0 Å². The third-order valence-corrected chi connectivity index (χ3v) is 3.82. The van der Waals surface area contributed by atoms with Crippen LogP contribution in [0.2, 0.25) is 0 Å². The lowest BCUT2D eigenvalue weighted by atomic mass is 9.97. The van der Waals surface area contributed by atoms with Gasteiger partial charge in [-0.1, -0.05) is 30.3 Å². The van der Waals surface area contributed by atoms with E-state index in [1.54, 1.807) is 6.20 Å². The van der Waals surface area contributed by atoms with Gasteiger partial charge in [0.2, 0.25) is 0 Å². The lowest BCUT2D eigenvalue weighted by Gasteiger charge is -2.24. The number of hydrogen-bond donors (Lipinski definition) is 1. The van der Waals surface area contributed by atoms with E-state index in [-0.39, 0.29) is 18.1 Å². The number of aromatic nitrogens is 1. The van der Waals surface area contributed by atoms with Gasteiger partial charge in [0.05, 0.1) is 18.7 Å². The monoisotopic (exact) mass is 312 g/mol. The molecule has 1 N–H and O–H groups in total. The van der Waals surface area contributed by atoms with Gasteiger partial charge in [0, 0.05) is 18.3 Å². The van der Waals surface area contributed by atoms with Gasteiger partial charge in [-0.2, -0.15) is 0 Å². The maximum atomic E-state index is 12.0. The lowest BCUT2D eigenvalue weighted by molar-refractivity contribution is -0.143. The number of nitrogens with zero attached hydrogens (tertiary/aromatic N) is 1. The number of carbonyl (C=O) groups is 1. The lowest BCUT2D eigenvalue weighted by Crippen LogP contribution is -2.28. The van der Waals surface area contributed by atoms with Crippen LogP contribution in [-0.2, 0) is 9.53 Å². The molecular weight excluding hydrogens is 288 g/mol. The molecule has 0 spiro atoms. The number of benzene rings is 1. The smallest absolute Gasteiger partial charge is 0.307 e. The SMILES string of the molecule is CCOC(=O)C[C@@H](N[C@H](C)c1ccccn1)c1ccccc1C. The number of carbonyl (C=O) groups excluding carboxylic acids is 1. The summed E-state index contributed by atoms with van der Waals surface area (Å²) in [5.74, 6) is -0.193. The standard InChI is InChI=1S/C19H24N2O2/c1-4-23-19(22)13-18(16-10-6-5-9-14(16)2)21-15(3)17-11-7-8-12-20-17/h5-12,15,18,21H,4,13H2,1-3H3/t15-,18-/m1/s1. The number of pyridine rings is 1. The van der Waals surface area contributed by atoms with Crippen LogP contribution in [-0.4, -0.2) is 17.6 Å². The van der Waals surface area contributed by atoms with E-state index in [9.17, 15) is 4.79 Å². The van der Waals surface area contributed by atoms with Crippen molar-refractivity contribution in [2.45, 2.75) is 39.3 Å². The Bertz CT molecular complexity index is 628. The Hall–Kier alpha value is -2.20. The molecule has 1 heterocycles. The van der Waals surface area contributed by atoms with E-state index in [2.05, 4.69) is 36.3 Å². The molecule has 0 aliphatic rings. The van der Waals surface area contributed by atoms with E-state index in [4.69, 9.17) is 4.74 Å². The van der Waals surface area contributed by atoms with Crippen LogP contribution in [0, 0.1) is 6.92 Å². The normalized spacial score (nSPS) is 13.3. The Morgan fingerprint density at radius 1 is 1.22 bits per heavy atom. The molecule has 0 fully saturated rings. The van der Waals surface area contributed by atoms with Crippen LogP contribution < -0.4 is 5.32 Å². The maximum absolute atomic E-state index is 12.0. The van der Waals surface area contributed by atoms with Crippen molar-refractivity contribution in [3.05, 3.63) is 65.5 Å². The molecule has 0 saturated carbocycles. The highest BCUT2D eigenvalue weighted by atomic mass is 16.5. The van der Waals surface area contributed by atoms with Gasteiger partial charge in [-0.25, -0.2) is 0 Å². The maximum Gasteiger partial charge on any atom is 0.307 e. The first-order chi connectivity index (χ1) is 11.1. The summed E-state index contributed by atoms with van der Waals surface area (Å²) < 4.78 is 5.13. The van der Waals surface area contributed by atoms with Gasteiger partial charge in [0.25, 0.3) is 0 Å². The summed E-state index contributed by atoms with van der Waals surface area (Å²) in [6.45, 7) is 6.33. The molecule has 2 atom stereocenters. The molecule has 1 aromatic carbocycles. The van der Waals surface area contributed by atoms with Crippen LogP contribution in [0.5, 0.6) is 0 Å². The summed E-state index contributed by atoms with van der Waals surface area (Å²) in [6, 6.07) is 13.9. The zero-order valence-electron chi connectivity index (χ0n) is 14.0. The van der Waals surface area contributed by atoms with E-state index in [1.165, 1.54) is 0 Å². The molecule has 4 heteroatoms. The van der Waals surface area contributed by atoms with Crippen LogP contribution in [0.1, 0.15) is 49.2 Å². The van der Waals surface area contributed by atoms with E-state index in [1.807, 2.05) is 37.3 Å². The molecule has 0 aliphatic heterocycles. The van der Waals surface area contributed by atoms with Crippen molar-refractivity contribution in [3.8, 4) is 0 Å². The molecule has 23 heavy (non-hydrogen) atoms. The topological polar surface area (TPSA) is 51.2 Å². The average Bonchev–Trinajstić information content (AvgIpc) is 2.55. The van der Waals surface area contributed by atoms with Crippen molar-refractivity contribution in [1.82, 2.24) is 10.3 Å². The van der Waals surface area contributed by atoms with Gasteiger partial charge < -0.3 is 10.1 Å². The van der Waals surface area contributed by atoms with E-state index in [0.717, 1.165) is 16.8 Å². The summed E-state index contributed by atoms with van der Waals surface area (Å²) in [5.41, 5.74) is 3.22. The van der Waals surface area contributed by atoms with E-state index < -0.39 is 0 Å². The van der Waals surface area contributed by atoms with Crippen LogP contribution in [0.4, 0.5) is 0 Å². The molecule has 0 aliphatic carbocycles. The zero-order valence-corrected chi connectivity index (χ0v) is 14.0. The molecular formula is C19H24N2O2. The average molecular weight is 312 g/mol. The summed E-state index contributed by atoms with van der Waals surface area (Å²) >= 11 is 0. The van der Waals surface area contributed by atoms with Crippen molar-refractivity contribution in [1.29, 1.82) is 0 Å². The van der Waals surface area contributed by atoms with E-state index in [0.29, 0.717) is 13.0 Å². The van der Waals surface area contributed by atoms with Gasteiger partial charge >= 0.3 is 5.97 Å². The third-order valence-electron chi connectivity index (χ3n) is 3.82. The zero-order chi connectivity index (χ0) is 16.7. The molecule has 4 nitrogen and oxygen atoms in total. The quantitative estimate of drug-likeness (QED) is 0.791. The number of hydrogen-bond acceptors (Lipinski definition) is 4. The largest absolute Gasteiger partial charge is 0.466 e. The highest BCUT2D eigenvalue weighted by Gasteiger charge is 2.21. The summed E-state index contributed by atoms with van der Waals surface area (Å²) in [4.78, 5) is 16.4. The highest BCUT2D eigenvalue weighted by Crippen LogP contribution is 2.24. The third kappa shape index (κ3) is 4.89. The van der Waals surface area contributed by atoms with Crippen molar-refractivity contribution in [2.24, 2.45) is 0 Å². The molecule has 2 aromatic rings. The fourth-order valence-electron chi connectivity index (χ4n) is 2.64. The first-order valence-electron chi connectivity index (χ1n) is 8.00. The summed E-state index contributed by atoms with van der Waals surface area (Å²) in [6.07, 6.45) is 2.08. The Labute approximate surface area is 137 Å². The summed E-state index contributed by atoms with van der Waals surface area (Å²) in [7, 11) is 0. The van der Waals surface area contributed by atoms with Gasteiger partial charge in [-0.3, -0.25) is 9.78 Å². The fourth-order valence-corrected chi connectivity index (χ4v) is 2.64. The molecule has 0 radical (unpaired) electrons. The van der Waals surface area contributed by atoms with Crippen LogP contribution >= 0.6 is 0 Å². The molecule has 0 unspecified atom stereocenters. The minimum absolute atomic E-state index is 0.0373. The second kappa shape index (κ2) is 8.44. The predicted octanol–water partition coefficient (Wildman–Crippen LogP) is 3.74. The van der Waals surface area contributed by atoms with Crippen LogP contribution in [0.25, 0.3) is 0 Å². The van der Waals surface area contributed by atoms with Gasteiger partial charge in [0.15, 0.2) is 0 Å². The van der Waals surface area contributed by atoms with Crippen LogP contribution in [0.15, 0.2) is 48.7 Å². The second-order valence-corrected chi connectivity index (χ2v) is 5.56. The molecule has 122 valence electrons. The van der Waals surface area contributed by atoms with Gasteiger partial charge in [-0.15, -0.1) is 0 Å². The van der Waals surface area contributed by atoms with Crippen molar-refractivity contribution >= 4 is 5.97 Å². The number of rotatable bonds is 7. The van der Waals surface area contributed by atoms with Crippen molar-refractivity contribution in [2.75, 3.05) is 6.61 Å². The Kier molecular flexibility index (Phi) is 6.29. The number of nitrogens with one attached hydrogen (secondary N) is 1. The number of esters is 1. The van der Waals surface area contributed by atoms with Crippen molar-refractivity contribution < 1.29 is 9.53 Å². The van der Waals surface area contributed by atoms with Gasteiger partial charge in [0.1, 0.15) is 0 Å². The highest BCUT2D eigenvalue weighted by molar-refractivity contribution is 5.70. The summed E-state index contributed by atoms with van der Waals surface area (Å²) in [5, 5.41) is 3.52. The minimum atomic E-state index is -0.193. The second-order valence-electron chi connectivity index (χ2n) is 5.56. The predicted molar refractivity (Wildman–Crippen MR) is 91.0 cm³/mol. The Morgan fingerprint density at radius 3 is 2.61 bits per heavy atom. The first-order valence-corrected chi connectivity index (χ1v) is 8.00. The Morgan fingerprint density at radius 2 is 1.96 bits per heavy atom. The minimum Gasteiger partial charge on any atom is -0.466 e. The number of aryl methyl sites for hydroxylation is 1. The molecule has 1 aromatic heterocycles. The van der Waals surface area contributed by atoms with E-state index >= 15 is 0 Å². The molecule has 0 amide bonds. The van der Waals surface area contributed by atoms with Crippen LogP contribution in [0.3, 0.4) is 0 Å².